The van der Waals surface area contributed by atoms with E-state index < -0.39 is 11.9 Å². The highest BCUT2D eigenvalue weighted by atomic mass is 35.5. The fourth-order valence-electron chi connectivity index (χ4n) is 2.87. The molecule has 0 aliphatic heterocycles. The molecule has 0 atom stereocenters. The zero-order valence-electron chi connectivity index (χ0n) is 13.3. The summed E-state index contributed by atoms with van der Waals surface area (Å²) in [5.41, 5.74) is 1.81. The summed E-state index contributed by atoms with van der Waals surface area (Å²) < 4.78 is 1.62. The van der Waals surface area contributed by atoms with Crippen LogP contribution in [0.4, 0.5) is 0 Å². The normalized spacial score (nSPS) is 11.3. The van der Waals surface area contributed by atoms with Gasteiger partial charge in [-0.1, -0.05) is 47.5 Å². The lowest BCUT2D eigenvalue weighted by atomic mass is 10.1. The van der Waals surface area contributed by atoms with Crippen LogP contribution in [0.3, 0.4) is 0 Å². The molecular weight excluding hydrogens is 377 g/mol. The van der Waals surface area contributed by atoms with Crippen LogP contribution in [-0.4, -0.2) is 26.7 Å². The number of aromatic nitrogens is 1. The zero-order chi connectivity index (χ0) is 18.8. The second-order valence-electron chi connectivity index (χ2n) is 5.59. The number of para-hydroxylation sites is 1. The van der Waals surface area contributed by atoms with E-state index in [0.717, 1.165) is 11.6 Å². The highest BCUT2D eigenvalue weighted by molar-refractivity contribution is 6.42. The number of benzene rings is 2. The van der Waals surface area contributed by atoms with E-state index in [4.69, 9.17) is 28.3 Å². The van der Waals surface area contributed by atoms with Crippen LogP contribution in [0.2, 0.25) is 10.0 Å². The van der Waals surface area contributed by atoms with Crippen LogP contribution in [0.25, 0.3) is 17.0 Å². The number of halogens is 2. The second kappa shape index (κ2) is 7.23. The Kier molecular flexibility index (Phi) is 5.02. The minimum atomic E-state index is -1.15. The van der Waals surface area contributed by atoms with Crippen molar-refractivity contribution in [3.8, 4) is 0 Å². The number of carboxylic acids is 2. The van der Waals surface area contributed by atoms with Crippen molar-refractivity contribution in [3.05, 3.63) is 75.4 Å². The third-order valence-electron chi connectivity index (χ3n) is 3.93. The average Bonchev–Trinajstić information content (AvgIpc) is 2.90. The van der Waals surface area contributed by atoms with Crippen LogP contribution in [0.15, 0.2) is 48.5 Å². The van der Waals surface area contributed by atoms with Crippen molar-refractivity contribution in [1.29, 1.82) is 0 Å². The Morgan fingerprint density at radius 2 is 1.77 bits per heavy atom. The molecule has 0 bridgehead atoms. The highest BCUT2D eigenvalue weighted by Crippen LogP contribution is 2.30. The Bertz CT molecular complexity index is 1050. The monoisotopic (exact) mass is 389 g/mol. The lowest BCUT2D eigenvalue weighted by molar-refractivity contribution is -0.131. The Labute approximate surface area is 158 Å². The SMILES string of the molecule is O=C(O)/C=C\c1c(C(=O)O)n(Cc2ccc(Cl)c(Cl)c2)c2ccccc12. The van der Waals surface area contributed by atoms with E-state index >= 15 is 0 Å². The largest absolute Gasteiger partial charge is 0.478 e. The van der Waals surface area contributed by atoms with E-state index in [-0.39, 0.29) is 12.2 Å². The quantitative estimate of drug-likeness (QED) is 0.614. The van der Waals surface area contributed by atoms with Crippen LogP contribution < -0.4 is 0 Å². The molecule has 0 aliphatic rings. The number of aromatic carboxylic acids is 1. The maximum absolute atomic E-state index is 11.9. The lowest BCUT2D eigenvalue weighted by Gasteiger charge is -2.10. The third-order valence-corrected chi connectivity index (χ3v) is 4.67. The molecule has 26 heavy (non-hydrogen) atoms. The van der Waals surface area contributed by atoms with E-state index in [2.05, 4.69) is 0 Å². The van der Waals surface area contributed by atoms with E-state index in [1.807, 2.05) is 0 Å². The number of carbonyl (C=O) groups is 2. The first kappa shape index (κ1) is 18.0. The van der Waals surface area contributed by atoms with Gasteiger partial charge in [0.2, 0.25) is 0 Å². The standard InChI is InChI=1S/C19H13Cl2NO4/c20-14-7-5-11(9-15(14)21)10-22-16-4-2-1-3-12(16)13(6-8-17(23)24)18(22)19(25)26/h1-9H,10H2,(H,23,24)(H,25,26)/b8-6-. The fourth-order valence-corrected chi connectivity index (χ4v) is 3.19. The molecule has 0 saturated carbocycles. The molecule has 3 aromatic rings. The molecule has 0 spiro atoms. The van der Waals surface area contributed by atoms with Crippen LogP contribution in [0.5, 0.6) is 0 Å². The van der Waals surface area contributed by atoms with E-state index in [1.54, 1.807) is 47.0 Å². The Morgan fingerprint density at radius 3 is 2.42 bits per heavy atom. The van der Waals surface area contributed by atoms with Crippen LogP contribution in [-0.2, 0) is 11.3 Å². The molecule has 0 aliphatic carbocycles. The molecule has 3 rings (SSSR count). The van der Waals surface area contributed by atoms with Gasteiger partial charge in [0.1, 0.15) is 5.69 Å². The third kappa shape index (κ3) is 3.45. The first-order chi connectivity index (χ1) is 12.4. The smallest absolute Gasteiger partial charge is 0.353 e. The first-order valence-electron chi connectivity index (χ1n) is 7.58. The summed E-state index contributed by atoms with van der Waals surface area (Å²) in [5, 5.41) is 20.1. The Balaban J connectivity index is 2.23. The topological polar surface area (TPSA) is 79.5 Å². The molecule has 0 fully saturated rings. The van der Waals surface area contributed by atoms with E-state index in [9.17, 15) is 14.7 Å². The van der Waals surface area contributed by atoms with E-state index in [0.29, 0.717) is 26.5 Å². The molecule has 2 aromatic carbocycles. The minimum absolute atomic E-state index is 0.00905. The summed E-state index contributed by atoms with van der Waals surface area (Å²) in [4.78, 5) is 22.8. The molecule has 0 unspecified atom stereocenters. The second-order valence-corrected chi connectivity index (χ2v) is 6.41. The molecule has 1 heterocycles. The number of hydrogen-bond donors (Lipinski definition) is 2. The van der Waals surface area contributed by atoms with Crippen molar-refractivity contribution in [1.82, 2.24) is 4.57 Å². The summed E-state index contributed by atoms with van der Waals surface area (Å²) in [5.74, 6) is -2.30. The minimum Gasteiger partial charge on any atom is -0.478 e. The number of fused-ring (bicyclic) bond motifs is 1. The molecule has 132 valence electrons. The van der Waals surface area contributed by atoms with Gasteiger partial charge in [-0.3, -0.25) is 0 Å². The van der Waals surface area contributed by atoms with Crippen molar-refractivity contribution in [2.75, 3.05) is 0 Å². The molecule has 7 heteroatoms. The van der Waals surface area contributed by atoms with Gasteiger partial charge in [-0.05, 0) is 29.8 Å². The summed E-state index contributed by atoms with van der Waals surface area (Å²) in [7, 11) is 0. The van der Waals surface area contributed by atoms with Crippen molar-refractivity contribution in [3.63, 3.8) is 0 Å². The molecule has 2 N–H and O–H groups in total. The van der Waals surface area contributed by atoms with Gasteiger partial charge in [0.05, 0.1) is 10.0 Å². The summed E-state index contributed by atoms with van der Waals surface area (Å²) in [6.07, 6.45) is 2.23. The van der Waals surface area contributed by atoms with Gasteiger partial charge in [-0.25, -0.2) is 9.59 Å². The lowest BCUT2D eigenvalue weighted by Crippen LogP contribution is -2.10. The van der Waals surface area contributed by atoms with Gasteiger partial charge < -0.3 is 14.8 Å². The molecule has 1 aromatic heterocycles. The van der Waals surface area contributed by atoms with Gasteiger partial charge in [0.25, 0.3) is 0 Å². The van der Waals surface area contributed by atoms with Crippen LogP contribution in [0, 0.1) is 0 Å². The van der Waals surface area contributed by atoms with Gasteiger partial charge in [0.15, 0.2) is 0 Å². The molecule has 0 amide bonds. The molecule has 0 saturated heterocycles. The van der Waals surface area contributed by atoms with Crippen molar-refractivity contribution in [2.45, 2.75) is 6.54 Å². The van der Waals surface area contributed by atoms with Crippen molar-refractivity contribution in [2.24, 2.45) is 0 Å². The Morgan fingerprint density at radius 1 is 1.04 bits per heavy atom. The fraction of sp³-hybridized carbons (Fsp3) is 0.0526. The van der Waals surface area contributed by atoms with Gasteiger partial charge >= 0.3 is 11.9 Å². The number of carboxylic acid groups (broad SMARTS) is 2. The van der Waals surface area contributed by atoms with Gasteiger partial charge in [-0.15, -0.1) is 0 Å². The summed E-state index contributed by atoms with van der Waals surface area (Å²) in [6, 6.07) is 12.2. The first-order valence-corrected chi connectivity index (χ1v) is 8.33. The number of nitrogens with zero attached hydrogens (tertiary/aromatic N) is 1. The highest BCUT2D eigenvalue weighted by Gasteiger charge is 2.21. The number of rotatable bonds is 5. The predicted molar refractivity (Wildman–Crippen MR) is 101 cm³/mol. The van der Waals surface area contributed by atoms with Gasteiger partial charge in [-0.2, -0.15) is 0 Å². The van der Waals surface area contributed by atoms with Gasteiger partial charge in [0, 0.05) is 29.1 Å². The summed E-state index contributed by atoms with van der Waals surface area (Å²) in [6.45, 7) is 0.250. The maximum atomic E-state index is 11.9. The van der Waals surface area contributed by atoms with Crippen LogP contribution >= 0.6 is 23.2 Å². The van der Waals surface area contributed by atoms with Crippen molar-refractivity contribution >= 4 is 52.1 Å². The van der Waals surface area contributed by atoms with Crippen LogP contribution in [0.1, 0.15) is 21.6 Å². The number of aliphatic carboxylic acids is 1. The Hall–Kier alpha value is -2.76. The van der Waals surface area contributed by atoms with Crippen molar-refractivity contribution < 1.29 is 19.8 Å². The number of hydrogen-bond acceptors (Lipinski definition) is 2. The molecule has 0 radical (unpaired) electrons. The molecule has 5 nitrogen and oxygen atoms in total. The molecular formula is C19H13Cl2NO4. The summed E-state index contributed by atoms with van der Waals surface area (Å²) >= 11 is 12.0. The predicted octanol–water partition coefficient (Wildman–Crippen LogP) is 4.79. The van der Waals surface area contributed by atoms with E-state index in [1.165, 1.54) is 6.08 Å². The maximum Gasteiger partial charge on any atom is 0.353 e. The average molecular weight is 390 g/mol. The zero-order valence-corrected chi connectivity index (χ0v) is 14.8.